The molecule has 0 unspecified atom stereocenters. The summed E-state index contributed by atoms with van der Waals surface area (Å²) in [6.07, 6.45) is -0.384. The van der Waals surface area contributed by atoms with Gasteiger partial charge >= 0.3 is 23.9 Å². The molecule has 0 saturated carbocycles. The number of esters is 4. The van der Waals surface area contributed by atoms with Crippen LogP contribution in [-0.4, -0.2) is 47.2 Å². The number of thioether (sulfide) groups is 1. The Morgan fingerprint density at radius 1 is 0.491 bits per heavy atom. The molecule has 0 radical (unpaired) electrons. The number of ether oxygens (including phenoxy) is 4. The molecule has 0 fully saturated rings. The predicted molar refractivity (Wildman–Crippen MR) is 201 cm³/mol. The first kappa shape index (κ1) is 40.5. The fourth-order valence-electron chi connectivity index (χ4n) is 5.11. The summed E-state index contributed by atoms with van der Waals surface area (Å²) in [7, 11) is 0. The minimum atomic E-state index is -1.01. The number of hydrogen-bond acceptors (Lipinski definition) is 11. The van der Waals surface area contributed by atoms with Gasteiger partial charge < -0.3 is 24.7 Å². The lowest BCUT2D eigenvalue weighted by atomic mass is 10.00. The third-order valence-electron chi connectivity index (χ3n) is 8.14. The van der Waals surface area contributed by atoms with Crippen molar-refractivity contribution < 1.29 is 42.9 Å². The summed E-state index contributed by atoms with van der Waals surface area (Å²) in [4.78, 5) is 65.0. The van der Waals surface area contributed by atoms with Crippen LogP contribution in [0.3, 0.4) is 0 Å². The Hall–Kier alpha value is -5.26. The van der Waals surface area contributed by atoms with Gasteiger partial charge in [-0.05, 0) is 28.7 Å². The van der Waals surface area contributed by atoms with Gasteiger partial charge in [-0.2, -0.15) is 11.8 Å². The number of nitrogens with two attached hydrogens (primary N) is 1. The second kappa shape index (κ2) is 22.6. The maximum absolute atomic E-state index is 13.3. The Morgan fingerprint density at radius 2 is 0.849 bits per heavy atom. The lowest BCUT2D eigenvalue weighted by molar-refractivity contribution is -0.155. The minimum Gasteiger partial charge on any atom is -0.461 e. The summed E-state index contributed by atoms with van der Waals surface area (Å²) in [6.45, 7) is 0.184. The van der Waals surface area contributed by atoms with Gasteiger partial charge in [0.15, 0.2) is 0 Å². The van der Waals surface area contributed by atoms with Crippen LogP contribution in [0.25, 0.3) is 0 Å². The number of benzene rings is 4. The van der Waals surface area contributed by atoms with Crippen molar-refractivity contribution in [2.24, 2.45) is 17.6 Å². The Morgan fingerprint density at radius 3 is 1.26 bits per heavy atom. The summed E-state index contributed by atoms with van der Waals surface area (Å²) < 4.78 is 21.9. The van der Waals surface area contributed by atoms with Crippen LogP contribution in [-0.2, 0) is 69.3 Å². The van der Waals surface area contributed by atoms with Crippen LogP contribution < -0.4 is 5.73 Å². The second-order valence-corrected chi connectivity index (χ2v) is 13.5. The van der Waals surface area contributed by atoms with Gasteiger partial charge in [0, 0.05) is 24.3 Å². The van der Waals surface area contributed by atoms with Gasteiger partial charge in [-0.3, -0.25) is 24.0 Å². The van der Waals surface area contributed by atoms with Gasteiger partial charge in [-0.25, -0.2) is 0 Å². The molecule has 0 aromatic heterocycles. The zero-order valence-corrected chi connectivity index (χ0v) is 30.3. The van der Waals surface area contributed by atoms with Crippen molar-refractivity contribution in [2.75, 3.05) is 11.5 Å². The predicted octanol–water partition coefficient (Wildman–Crippen LogP) is 6.38. The van der Waals surface area contributed by atoms with E-state index in [0.717, 1.165) is 22.3 Å². The Labute approximate surface area is 314 Å². The molecule has 11 heteroatoms. The van der Waals surface area contributed by atoms with Crippen molar-refractivity contribution in [1.29, 1.82) is 0 Å². The average Bonchev–Trinajstić information content (AvgIpc) is 3.20. The molecule has 0 heterocycles. The molecule has 0 aliphatic heterocycles. The molecule has 0 saturated heterocycles. The molecule has 4 aromatic rings. The smallest absolute Gasteiger partial charge is 0.323 e. The maximum Gasteiger partial charge on any atom is 0.323 e. The molecule has 10 nitrogen and oxygen atoms in total. The summed E-state index contributed by atoms with van der Waals surface area (Å²) in [6, 6.07) is 35.7. The fourth-order valence-corrected chi connectivity index (χ4v) is 6.32. The third-order valence-corrected chi connectivity index (χ3v) is 9.42. The van der Waals surface area contributed by atoms with Crippen LogP contribution in [0.1, 0.15) is 47.9 Å². The molecule has 4 aromatic carbocycles. The molecule has 3 atom stereocenters. The molecular weight excluding hydrogens is 695 g/mol. The molecular formula is C42H45NO9S. The number of carbonyl (C=O) groups is 5. The van der Waals surface area contributed by atoms with Crippen LogP contribution >= 0.6 is 11.8 Å². The van der Waals surface area contributed by atoms with E-state index in [-0.39, 0.29) is 69.4 Å². The lowest BCUT2D eigenvalue weighted by Gasteiger charge is -2.19. The molecule has 0 spiro atoms. The van der Waals surface area contributed by atoms with E-state index < -0.39 is 41.8 Å². The van der Waals surface area contributed by atoms with Gasteiger partial charge in [-0.1, -0.05) is 121 Å². The largest absolute Gasteiger partial charge is 0.461 e. The normalized spacial score (nSPS) is 12.5. The quantitative estimate of drug-likeness (QED) is 0.0707. The Bertz CT molecular complexity index is 1720. The average molecular weight is 740 g/mol. The summed E-state index contributed by atoms with van der Waals surface area (Å²) in [5.41, 5.74) is 9.23. The van der Waals surface area contributed by atoms with Gasteiger partial charge in [0.1, 0.15) is 38.3 Å². The van der Waals surface area contributed by atoms with Crippen molar-refractivity contribution in [3.05, 3.63) is 144 Å². The molecule has 53 heavy (non-hydrogen) atoms. The van der Waals surface area contributed by atoms with E-state index in [1.54, 1.807) is 0 Å². The lowest BCUT2D eigenvalue weighted by Crippen LogP contribution is -2.33. The minimum absolute atomic E-state index is 0.0227. The van der Waals surface area contributed by atoms with Crippen LogP contribution in [0.4, 0.5) is 0 Å². The van der Waals surface area contributed by atoms with Gasteiger partial charge in [0.25, 0.3) is 0 Å². The second-order valence-electron chi connectivity index (χ2n) is 12.4. The van der Waals surface area contributed by atoms with Gasteiger partial charge in [0.05, 0.1) is 18.3 Å². The van der Waals surface area contributed by atoms with Crippen molar-refractivity contribution in [2.45, 2.75) is 58.2 Å². The standard InChI is InChI=1S/C42H45NO9S/c43-38(42(48)52-28-34-19-11-4-12-20-34)22-21-37(44)23-35(40(46)50-26-32-15-7-2-8-16-32)29-53-30-36(41(47)51-27-33-17-9-3-10-18-33)24-39(45)49-25-31-13-5-1-6-14-31/h1-20,35-36,38H,21-30,43H2/t35-,36+,38-/m1/s1. The first-order valence-corrected chi connectivity index (χ1v) is 18.6. The van der Waals surface area contributed by atoms with E-state index in [1.807, 2.05) is 121 Å². The topological polar surface area (TPSA) is 148 Å². The van der Waals surface area contributed by atoms with Gasteiger partial charge in [-0.15, -0.1) is 0 Å². The molecule has 278 valence electrons. The van der Waals surface area contributed by atoms with Crippen LogP contribution in [0.5, 0.6) is 0 Å². The zero-order valence-electron chi connectivity index (χ0n) is 29.5. The molecule has 0 aliphatic rings. The number of carbonyl (C=O) groups excluding carboxylic acids is 5. The number of hydrogen-bond donors (Lipinski definition) is 1. The molecule has 0 aliphatic carbocycles. The monoisotopic (exact) mass is 739 g/mol. The highest BCUT2D eigenvalue weighted by molar-refractivity contribution is 7.99. The van der Waals surface area contributed by atoms with E-state index in [2.05, 4.69) is 0 Å². The number of ketones is 1. The summed E-state index contributed by atoms with van der Waals surface area (Å²) in [5, 5.41) is 0. The summed E-state index contributed by atoms with van der Waals surface area (Å²) >= 11 is 1.24. The van der Waals surface area contributed by atoms with Crippen LogP contribution in [0, 0.1) is 11.8 Å². The molecule has 2 N–H and O–H groups in total. The van der Waals surface area contributed by atoms with Crippen LogP contribution in [0.2, 0.25) is 0 Å². The van der Waals surface area contributed by atoms with Crippen molar-refractivity contribution in [3.63, 3.8) is 0 Å². The molecule has 4 rings (SSSR count). The van der Waals surface area contributed by atoms with E-state index in [9.17, 15) is 24.0 Å². The first-order chi connectivity index (χ1) is 25.8. The highest BCUT2D eigenvalue weighted by Crippen LogP contribution is 2.23. The molecule has 0 amide bonds. The van der Waals surface area contributed by atoms with E-state index >= 15 is 0 Å². The third kappa shape index (κ3) is 15.5. The Balaban J connectivity index is 1.35. The maximum atomic E-state index is 13.3. The first-order valence-electron chi connectivity index (χ1n) is 17.4. The SMILES string of the molecule is N[C@H](CCC(=O)C[C@H](CSC[C@H](CC(=O)OCc1ccccc1)C(=O)OCc1ccccc1)C(=O)OCc1ccccc1)C(=O)OCc1ccccc1. The van der Waals surface area contributed by atoms with Crippen LogP contribution in [0.15, 0.2) is 121 Å². The number of rotatable bonds is 22. The molecule has 0 bridgehead atoms. The van der Waals surface area contributed by atoms with Gasteiger partial charge in [0.2, 0.25) is 0 Å². The van der Waals surface area contributed by atoms with Crippen molar-refractivity contribution in [1.82, 2.24) is 0 Å². The zero-order chi connectivity index (χ0) is 37.7. The fraction of sp³-hybridized carbons (Fsp3) is 0.310. The highest BCUT2D eigenvalue weighted by Gasteiger charge is 2.28. The van der Waals surface area contributed by atoms with E-state index in [4.69, 9.17) is 24.7 Å². The van der Waals surface area contributed by atoms with E-state index in [1.165, 1.54) is 11.8 Å². The summed E-state index contributed by atoms with van der Waals surface area (Å²) in [5.74, 6) is -4.09. The van der Waals surface area contributed by atoms with E-state index in [0.29, 0.717) is 0 Å². The van der Waals surface area contributed by atoms with Crippen molar-refractivity contribution >= 4 is 41.4 Å². The number of Topliss-reactive ketones (excluding diaryl/α,β-unsaturated/α-hetero) is 1. The Kier molecular flexibility index (Phi) is 17.3. The highest BCUT2D eigenvalue weighted by atomic mass is 32.2. The van der Waals surface area contributed by atoms with Crippen molar-refractivity contribution in [3.8, 4) is 0 Å².